The first kappa shape index (κ1) is 8.49. The summed E-state index contributed by atoms with van der Waals surface area (Å²) in [5.74, 6) is -1.15. The number of ether oxygens (including phenoxy) is 1. The Hall–Kier alpha value is -2.11. The molecule has 2 aromatic rings. The number of nitrogens with one attached hydrogen (secondary N) is 1. The van der Waals surface area contributed by atoms with Gasteiger partial charge in [0, 0.05) is 6.20 Å². The molecule has 14 heavy (non-hydrogen) atoms. The van der Waals surface area contributed by atoms with Crippen molar-refractivity contribution < 1.29 is 14.6 Å². The summed E-state index contributed by atoms with van der Waals surface area (Å²) < 4.78 is 4.81. The highest BCUT2D eigenvalue weighted by Gasteiger charge is 2.16. The van der Waals surface area contributed by atoms with Crippen LogP contribution in [-0.2, 0) is 0 Å². The van der Waals surface area contributed by atoms with Crippen LogP contribution in [0.2, 0.25) is 0 Å². The summed E-state index contributed by atoms with van der Waals surface area (Å²) >= 11 is 0. The Morgan fingerprint density at radius 2 is 2.36 bits per heavy atom. The summed E-state index contributed by atoms with van der Waals surface area (Å²) in [7, 11) is 1.35. The van der Waals surface area contributed by atoms with Crippen LogP contribution in [0.15, 0.2) is 12.3 Å². The number of hydrogen-bond donors (Lipinski definition) is 2. The number of carbonyl (C=O) groups is 1. The predicted octanol–water partition coefficient (Wildman–Crippen LogP) is 0.665. The fourth-order valence-corrected chi connectivity index (χ4v) is 1.14. The van der Waals surface area contributed by atoms with E-state index in [1.54, 1.807) is 12.3 Å². The van der Waals surface area contributed by atoms with Crippen molar-refractivity contribution in [2.45, 2.75) is 0 Å². The Bertz CT molecular complexity index is 492. The number of aromatic nitrogens is 3. The van der Waals surface area contributed by atoms with Gasteiger partial charge in [-0.15, -0.1) is 0 Å². The Morgan fingerprint density at radius 3 is 3.00 bits per heavy atom. The zero-order chi connectivity index (χ0) is 10.1. The number of aromatic amines is 1. The first-order valence-corrected chi connectivity index (χ1v) is 3.85. The van der Waals surface area contributed by atoms with Crippen LogP contribution >= 0.6 is 0 Å². The van der Waals surface area contributed by atoms with Gasteiger partial charge in [0.25, 0.3) is 0 Å². The SMILES string of the molecule is COc1nc2[nH]ccc2nc1C(=O)O. The minimum absolute atomic E-state index is 0.00690. The van der Waals surface area contributed by atoms with Crippen molar-refractivity contribution in [3.05, 3.63) is 18.0 Å². The van der Waals surface area contributed by atoms with Crippen molar-refractivity contribution >= 4 is 17.1 Å². The molecule has 0 aliphatic rings. The van der Waals surface area contributed by atoms with Crippen LogP contribution in [0.25, 0.3) is 11.2 Å². The molecule has 0 radical (unpaired) electrons. The molecule has 0 amide bonds. The number of aromatic carboxylic acids is 1. The Labute approximate surface area is 78.6 Å². The molecule has 0 aliphatic heterocycles. The van der Waals surface area contributed by atoms with Crippen molar-refractivity contribution in [3.8, 4) is 5.88 Å². The molecule has 0 spiro atoms. The van der Waals surface area contributed by atoms with Crippen molar-refractivity contribution in [3.63, 3.8) is 0 Å². The average molecular weight is 193 g/mol. The summed E-state index contributed by atoms with van der Waals surface area (Å²) in [4.78, 5) is 21.4. The first-order chi connectivity index (χ1) is 6.72. The minimum atomic E-state index is -1.16. The van der Waals surface area contributed by atoms with E-state index in [-0.39, 0.29) is 11.6 Å². The molecule has 0 atom stereocenters. The maximum Gasteiger partial charge on any atom is 0.360 e. The zero-order valence-corrected chi connectivity index (χ0v) is 7.31. The van der Waals surface area contributed by atoms with E-state index < -0.39 is 5.97 Å². The number of H-pyrrole nitrogens is 1. The van der Waals surface area contributed by atoms with Crippen molar-refractivity contribution in [1.29, 1.82) is 0 Å². The van der Waals surface area contributed by atoms with Crippen LogP contribution in [0, 0.1) is 0 Å². The number of rotatable bonds is 2. The molecule has 72 valence electrons. The fraction of sp³-hybridized carbons (Fsp3) is 0.125. The number of carboxylic acids is 1. The molecule has 0 aliphatic carbocycles. The molecular weight excluding hydrogens is 186 g/mol. The number of nitrogens with zero attached hydrogens (tertiary/aromatic N) is 2. The monoisotopic (exact) mass is 193 g/mol. The Kier molecular flexibility index (Phi) is 1.81. The number of hydrogen-bond acceptors (Lipinski definition) is 4. The van der Waals surface area contributed by atoms with Gasteiger partial charge in [-0.2, -0.15) is 4.98 Å². The van der Waals surface area contributed by atoms with Gasteiger partial charge in [-0.05, 0) is 6.07 Å². The third-order valence-electron chi connectivity index (χ3n) is 1.75. The van der Waals surface area contributed by atoms with Gasteiger partial charge < -0.3 is 14.8 Å². The average Bonchev–Trinajstić information content (AvgIpc) is 2.62. The molecule has 0 unspecified atom stereocenters. The maximum absolute atomic E-state index is 10.8. The molecule has 0 aromatic carbocycles. The topological polar surface area (TPSA) is 88.1 Å². The van der Waals surface area contributed by atoms with Crippen LogP contribution in [-0.4, -0.2) is 33.1 Å². The summed E-state index contributed by atoms with van der Waals surface area (Å²) in [5, 5.41) is 8.80. The molecule has 0 bridgehead atoms. The third kappa shape index (κ3) is 1.17. The second kappa shape index (κ2) is 2.99. The van der Waals surface area contributed by atoms with Gasteiger partial charge in [0.05, 0.1) is 7.11 Å². The second-order valence-electron chi connectivity index (χ2n) is 2.60. The smallest absolute Gasteiger partial charge is 0.360 e. The van der Waals surface area contributed by atoms with Crippen LogP contribution < -0.4 is 4.74 Å². The molecule has 2 aromatic heterocycles. The van der Waals surface area contributed by atoms with Gasteiger partial charge in [0.2, 0.25) is 11.6 Å². The van der Waals surface area contributed by atoms with E-state index in [1.807, 2.05) is 0 Å². The summed E-state index contributed by atoms with van der Waals surface area (Å²) in [6.45, 7) is 0. The van der Waals surface area contributed by atoms with Crippen LogP contribution in [0.1, 0.15) is 10.5 Å². The minimum Gasteiger partial charge on any atom is -0.479 e. The third-order valence-corrected chi connectivity index (χ3v) is 1.75. The Morgan fingerprint density at radius 1 is 1.57 bits per heavy atom. The van der Waals surface area contributed by atoms with Gasteiger partial charge in [-0.25, -0.2) is 9.78 Å². The van der Waals surface area contributed by atoms with Crippen molar-refractivity contribution in [2.24, 2.45) is 0 Å². The molecule has 6 nitrogen and oxygen atoms in total. The highest BCUT2D eigenvalue weighted by atomic mass is 16.5. The lowest BCUT2D eigenvalue weighted by Gasteiger charge is -2.01. The van der Waals surface area contributed by atoms with Gasteiger partial charge in [-0.1, -0.05) is 0 Å². The van der Waals surface area contributed by atoms with E-state index in [1.165, 1.54) is 7.11 Å². The van der Waals surface area contributed by atoms with Crippen LogP contribution in [0.5, 0.6) is 5.88 Å². The zero-order valence-electron chi connectivity index (χ0n) is 7.31. The first-order valence-electron chi connectivity index (χ1n) is 3.85. The van der Waals surface area contributed by atoms with Crippen LogP contribution in [0.3, 0.4) is 0 Å². The van der Waals surface area contributed by atoms with E-state index in [2.05, 4.69) is 15.0 Å². The standard InChI is InChI=1S/C8H7N3O3/c1-14-7-5(8(12)13)10-4-2-3-9-6(4)11-7/h2-3H,1H3,(H,9,11)(H,12,13). The normalized spacial score (nSPS) is 10.4. The summed E-state index contributed by atoms with van der Waals surface area (Å²) in [6.07, 6.45) is 1.63. The number of carboxylic acid groups (broad SMARTS) is 1. The predicted molar refractivity (Wildman–Crippen MR) is 47.4 cm³/mol. The molecule has 0 saturated carbocycles. The molecule has 0 saturated heterocycles. The van der Waals surface area contributed by atoms with Crippen molar-refractivity contribution in [2.75, 3.05) is 7.11 Å². The second-order valence-corrected chi connectivity index (χ2v) is 2.60. The Balaban J connectivity index is 2.72. The molecule has 2 rings (SSSR count). The van der Waals surface area contributed by atoms with Crippen molar-refractivity contribution in [1.82, 2.24) is 15.0 Å². The lowest BCUT2D eigenvalue weighted by atomic mass is 10.4. The van der Waals surface area contributed by atoms with E-state index >= 15 is 0 Å². The maximum atomic E-state index is 10.8. The van der Waals surface area contributed by atoms with E-state index in [4.69, 9.17) is 9.84 Å². The van der Waals surface area contributed by atoms with E-state index in [0.29, 0.717) is 11.2 Å². The lowest BCUT2D eigenvalue weighted by molar-refractivity contribution is 0.0686. The highest BCUT2D eigenvalue weighted by molar-refractivity contribution is 5.90. The summed E-state index contributed by atoms with van der Waals surface area (Å²) in [6, 6.07) is 1.65. The number of fused-ring (bicyclic) bond motifs is 1. The molecule has 2 N–H and O–H groups in total. The fourth-order valence-electron chi connectivity index (χ4n) is 1.14. The number of methoxy groups -OCH3 is 1. The molecule has 6 heteroatoms. The van der Waals surface area contributed by atoms with Gasteiger partial charge >= 0.3 is 5.97 Å². The summed E-state index contributed by atoms with van der Waals surface area (Å²) in [5.41, 5.74) is 0.828. The van der Waals surface area contributed by atoms with Crippen LogP contribution in [0.4, 0.5) is 0 Å². The highest BCUT2D eigenvalue weighted by Crippen LogP contribution is 2.17. The lowest BCUT2D eigenvalue weighted by Crippen LogP contribution is -2.05. The van der Waals surface area contributed by atoms with E-state index in [9.17, 15) is 4.79 Å². The molecular formula is C8H7N3O3. The molecule has 0 fully saturated rings. The van der Waals surface area contributed by atoms with Gasteiger partial charge in [-0.3, -0.25) is 0 Å². The molecule has 2 heterocycles. The van der Waals surface area contributed by atoms with Gasteiger partial charge in [0.15, 0.2) is 5.65 Å². The quantitative estimate of drug-likeness (QED) is 0.731. The largest absolute Gasteiger partial charge is 0.479 e. The van der Waals surface area contributed by atoms with E-state index in [0.717, 1.165) is 0 Å². The van der Waals surface area contributed by atoms with Gasteiger partial charge in [0.1, 0.15) is 5.52 Å².